The second-order valence-electron chi connectivity index (χ2n) is 8.52. The summed E-state index contributed by atoms with van der Waals surface area (Å²) in [6.45, 7) is 5.75. The van der Waals surface area contributed by atoms with Gasteiger partial charge < -0.3 is 28.4 Å². The van der Waals surface area contributed by atoms with E-state index in [0.717, 1.165) is 51.4 Å². The topological polar surface area (TPSA) is 72.5 Å². The van der Waals surface area contributed by atoms with Crippen molar-refractivity contribution >= 4 is 5.97 Å². The lowest BCUT2D eigenvalue weighted by Gasteiger charge is -2.30. The molecule has 7 heteroatoms. The lowest BCUT2D eigenvalue weighted by molar-refractivity contribution is -0.247. The molecule has 3 heterocycles. The van der Waals surface area contributed by atoms with Gasteiger partial charge in [-0.1, -0.05) is 6.58 Å². The van der Waals surface area contributed by atoms with Gasteiger partial charge in [0.25, 0.3) is 0 Å². The van der Waals surface area contributed by atoms with Gasteiger partial charge in [-0.2, -0.15) is 0 Å². The highest BCUT2D eigenvalue weighted by Gasteiger charge is 2.63. The van der Waals surface area contributed by atoms with Crippen molar-refractivity contribution in [3.05, 3.63) is 12.2 Å². The summed E-state index contributed by atoms with van der Waals surface area (Å²) in [4.78, 5) is 12.3. The normalized spacial score (nSPS) is 41.4. The number of rotatable bonds is 3. The first-order chi connectivity index (χ1) is 13.0. The van der Waals surface area contributed by atoms with Crippen LogP contribution in [0.15, 0.2) is 12.2 Å². The van der Waals surface area contributed by atoms with Crippen LogP contribution < -0.4 is 0 Å². The Kier molecular flexibility index (Phi) is 4.37. The SMILES string of the molecule is C=C(C)C(=O)OC1C(C2COC3(CCCC3)O2)OC2OC3(CCCC3)OC21. The van der Waals surface area contributed by atoms with Crippen molar-refractivity contribution in [1.82, 2.24) is 0 Å². The maximum absolute atomic E-state index is 12.3. The number of carbonyl (C=O) groups excluding carboxylic acids is 1. The standard InChI is InChI=1S/C20H28O7/c1-12(2)17(21)23-15-14(13-11-22-19(25-13)7-3-4-8-19)24-18-16(15)26-20(27-18)9-5-6-10-20/h13-16,18H,1,3-11H2,2H3. The Morgan fingerprint density at radius 2 is 1.63 bits per heavy atom. The number of fused-ring (bicyclic) bond motifs is 1. The predicted molar refractivity (Wildman–Crippen MR) is 92.5 cm³/mol. The van der Waals surface area contributed by atoms with Gasteiger partial charge in [-0.05, 0) is 32.6 Å². The first-order valence-electron chi connectivity index (χ1n) is 10.2. The second-order valence-corrected chi connectivity index (χ2v) is 8.52. The zero-order valence-electron chi connectivity index (χ0n) is 15.8. The number of carbonyl (C=O) groups is 1. The van der Waals surface area contributed by atoms with E-state index in [2.05, 4.69) is 6.58 Å². The quantitative estimate of drug-likeness (QED) is 0.550. The van der Waals surface area contributed by atoms with Gasteiger partial charge in [0.15, 0.2) is 30.1 Å². The monoisotopic (exact) mass is 380 g/mol. The van der Waals surface area contributed by atoms with Gasteiger partial charge in [-0.3, -0.25) is 0 Å². The molecule has 5 unspecified atom stereocenters. The van der Waals surface area contributed by atoms with Crippen LogP contribution in [-0.2, 0) is 33.2 Å². The molecule has 7 nitrogen and oxygen atoms in total. The smallest absolute Gasteiger partial charge is 0.333 e. The fraction of sp³-hybridized carbons (Fsp3) is 0.850. The Morgan fingerprint density at radius 3 is 2.30 bits per heavy atom. The molecule has 5 aliphatic rings. The molecule has 0 radical (unpaired) electrons. The van der Waals surface area contributed by atoms with Gasteiger partial charge in [0.05, 0.1) is 6.61 Å². The minimum Gasteiger partial charge on any atom is -0.453 e. The van der Waals surface area contributed by atoms with Crippen LogP contribution in [0.2, 0.25) is 0 Å². The van der Waals surface area contributed by atoms with Gasteiger partial charge in [-0.25, -0.2) is 4.79 Å². The molecule has 0 bridgehead atoms. The van der Waals surface area contributed by atoms with Crippen LogP contribution in [0, 0.1) is 0 Å². The molecule has 2 saturated carbocycles. The molecule has 0 aromatic rings. The summed E-state index contributed by atoms with van der Waals surface area (Å²) >= 11 is 0. The fourth-order valence-corrected chi connectivity index (χ4v) is 5.08. The molecule has 0 N–H and O–H groups in total. The molecule has 3 saturated heterocycles. The number of hydrogen-bond acceptors (Lipinski definition) is 7. The maximum Gasteiger partial charge on any atom is 0.333 e. The van der Waals surface area contributed by atoms with Crippen molar-refractivity contribution in [2.45, 2.75) is 101 Å². The summed E-state index contributed by atoms with van der Waals surface area (Å²) in [5.41, 5.74) is 0.350. The van der Waals surface area contributed by atoms with Crippen LogP contribution in [-0.4, -0.2) is 54.9 Å². The summed E-state index contributed by atoms with van der Waals surface area (Å²) < 4.78 is 36.7. The van der Waals surface area contributed by atoms with E-state index < -0.39 is 42.1 Å². The van der Waals surface area contributed by atoms with Crippen LogP contribution in [0.3, 0.4) is 0 Å². The van der Waals surface area contributed by atoms with E-state index in [4.69, 9.17) is 28.4 Å². The molecular weight excluding hydrogens is 352 g/mol. The average molecular weight is 380 g/mol. The van der Waals surface area contributed by atoms with E-state index in [1.165, 1.54) is 0 Å². The summed E-state index contributed by atoms with van der Waals surface area (Å²) in [7, 11) is 0. The molecule has 0 amide bonds. The third-order valence-electron chi connectivity index (χ3n) is 6.45. The van der Waals surface area contributed by atoms with Crippen molar-refractivity contribution in [3.8, 4) is 0 Å². The molecule has 5 fully saturated rings. The molecule has 5 atom stereocenters. The Morgan fingerprint density at radius 1 is 0.963 bits per heavy atom. The number of hydrogen-bond donors (Lipinski definition) is 0. The van der Waals surface area contributed by atoms with Crippen molar-refractivity contribution in [3.63, 3.8) is 0 Å². The molecule has 2 aliphatic carbocycles. The largest absolute Gasteiger partial charge is 0.453 e. The maximum atomic E-state index is 12.3. The fourth-order valence-electron chi connectivity index (χ4n) is 5.08. The van der Waals surface area contributed by atoms with Gasteiger partial charge in [0.1, 0.15) is 12.2 Å². The Bertz CT molecular complexity index is 620. The average Bonchev–Trinajstić information content (AvgIpc) is 3.43. The zero-order chi connectivity index (χ0) is 18.6. The summed E-state index contributed by atoms with van der Waals surface area (Å²) in [5, 5.41) is 0. The van der Waals surface area contributed by atoms with Crippen LogP contribution in [0.5, 0.6) is 0 Å². The Hall–Kier alpha value is -0.990. The van der Waals surface area contributed by atoms with Crippen molar-refractivity contribution < 1.29 is 33.2 Å². The van der Waals surface area contributed by atoms with Crippen LogP contribution in [0.25, 0.3) is 0 Å². The molecule has 3 aliphatic heterocycles. The number of ether oxygens (including phenoxy) is 6. The van der Waals surface area contributed by atoms with Gasteiger partial charge in [0, 0.05) is 31.3 Å². The highest BCUT2D eigenvalue weighted by molar-refractivity contribution is 5.87. The minimum atomic E-state index is -0.593. The highest BCUT2D eigenvalue weighted by atomic mass is 16.9. The van der Waals surface area contributed by atoms with Crippen molar-refractivity contribution in [1.29, 1.82) is 0 Å². The third-order valence-corrected chi connectivity index (χ3v) is 6.45. The zero-order valence-corrected chi connectivity index (χ0v) is 15.8. The second kappa shape index (κ2) is 6.52. The van der Waals surface area contributed by atoms with Crippen molar-refractivity contribution in [2.75, 3.05) is 6.61 Å². The van der Waals surface area contributed by atoms with Gasteiger partial charge in [-0.15, -0.1) is 0 Å². The Labute approximate surface area is 159 Å². The predicted octanol–water partition coefficient (Wildman–Crippen LogP) is 2.57. The van der Waals surface area contributed by atoms with E-state index in [9.17, 15) is 4.79 Å². The van der Waals surface area contributed by atoms with Crippen LogP contribution >= 0.6 is 0 Å². The van der Waals surface area contributed by atoms with Gasteiger partial charge >= 0.3 is 5.97 Å². The first-order valence-corrected chi connectivity index (χ1v) is 10.2. The summed E-state index contributed by atoms with van der Waals surface area (Å²) in [5.74, 6) is -1.53. The molecule has 0 aromatic carbocycles. The van der Waals surface area contributed by atoms with E-state index in [1.54, 1.807) is 6.92 Å². The molecule has 150 valence electrons. The molecular formula is C20H28O7. The van der Waals surface area contributed by atoms with Crippen LogP contribution in [0.1, 0.15) is 58.3 Å². The minimum absolute atomic E-state index is 0.302. The lowest BCUT2D eigenvalue weighted by atomic mass is 10.1. The molecule has 5 rings (SSSR count). The van der Waals surface area contributed by atoms with Crippen LogP contribution in [0.4, 0.5) is 0 Å². The molecule has 0 aromatic heterocycles. The summed E-state index contributed by atoms with van der Waals surface area (Å²) in [6, 6.07) is 0. The summed E-state index contributed by atoms with van der Waals surface area (Å²) in [6.07, 6.45) is 5.49. The van der Waals surface area contributed by atoms with E-state index in [1.807, 2.05) is 0 Å². The molecule has 2 spiro atoms. The van der Waals surface area contributed by atoms with Crippen molar-refractivity contribution in [2.24, 2.45) is 0 Å². The van der Waals surface area contributed by atoms with Gasteiger partial charge in [0.2, 0.25) is 0 Å². The highest BCUT2D eigenvalue weighted by Crippen LogP contribution is 2.49. The lowest BCUT2D eigenvalue weighted by Crippen LogP contribution is -2.45. The number of esters is 1. The first kappa shape index (κ1) is 18.1. The molecule has 27 heavy (non-hydrogen) atoms. The Balaban J connectivity index is 1.35. The third kappa shape index (κ3) is 3.04. The van der Waals surface area contributed by atoms with E-state index in [-0.39, 0.29) is 6.10 Å². The van der Waals surface area contributed by atoms with E-state index in [0.29, 0.717) is 12.2 Å². The van der Waals surface area contributed by atoms with E-state index >= 15 is 0 Å².